The molecule has 3 heteroatoms. The maximum Gasteiger partial charge on any atom is 0.334 e. The minimum atomic E-state index is -0.297. The maximum atomic E-state index is 12.7. The Hall–Kier alpha value is -2.81. The molecule has 0 bridgehead atoms. The molecule has 134 valence electrons. The SMILES string of the molecule is CCOC(=O)/C1=C(c2ccccc2)/C(c2ccccc2)=C(/O)CCCC1. The molecule has 1 aliphatic rings. The Morgan fingerprint density at radius 3 is 2.00 bits per heavy atom. The topological polar surface area (TPSA) is 46.5 Å². The molecular weight excluding hydrogens is 324 g/mol. The molecule has 1 N–H and O–H groups in total. The zero-order valence-electron chi connectivity index (χ0n) is 15.1. The van der Waals surface area contributed by atoms with E-state index in [1.165, 1.54) is 0 Å². The van der Waals surface area contributed by atoms with E-state index in [1.54, 1.807) is 0 Å². The highest BCUT2D eigenvalue weighted by Gasteiger charge is 2.25. The Labute approximate surface area is 154 Å². The van der Waals surface area contributed by atoms with Gasteiger partial charge in [0.15, 0.2) is 0 Å². The van der Waals surface area contributed by atoms with Gasteiger partial charge in [-0.25, -0.2) is 4.79 Å². The number of benzene rings is 2. The highest BCUT2D eigenvalue weighted by Crippen LogP contribution is 2.40. The average molecular weight is 348 g/mol. The van der Waals surface area contributed by atoms with Gasteiger partial charge in [0.2, 0.25) is 0 Å². The number of rotatable bonds is 4. The molecule has 0 atom stereocenters. The van der Waals surface area contributed by atoms with Crippen LogP contribution in [-0.2, 0) is 9.53 Å². The summed E-state index contributed by atoms with van der Waals surface area (Å²) in [6.07, 6.45) is 2.94. The molecule has 26 heavy (non-hydrogen) atoms. The third kappa shape index (κ3) is 3.88. The van der Waals surface area contributed by atoms with Gasteiger partial charge in [-0.15, -0.1) is 0 Å². The van der Waals surface area contributed by atoms with Gasteiger partial charge in [-0.1, -0.05) is 60.7 Å². The lowest BCUT2D eigenvalue weighted by Crippen LogP contribution is -2.13. The summed E-state index contributed by atoms with van der Waals surface area (Å²) in [5.74, 6) is 0.0334. The maximum absolute atomic E-state index is 12.7. The third-order valence-corrected chi connectivity index (χ3v) is 4.58. The fraction of sp³-hybridized carbons (Fsp3) is 0.261. The summed E-state index contributed by atoms with van der Waals surface area (Å²) >= 11 is 0. The van der Waals surface area contributed by atoms with E-state index in [1.807, 2.05) is 67.6 Å². The quantitative estimate of drug-likeness (QED) is 0.737. The Bertz CT molecular complexity index is 817. The van der Waals surface area contributed by atoms with Crippen molar-refractivity contribution >= 4 is 17.1 Å². The summed E-state index contributed by atoms with van der Waals surface area (Å²) in [5.41, 5.74) is 3.99. The summed E-state index contributed by atoms with van der Waals surface area (Å²) in [4.78, 5) is 12.7. The first-order chi connectivity index (χ1) is 12.7. The Morgan fingerprint density at radius 2 is 1.42 bits per heavy atom. The number of hydrogen-bond acceptors (Lipinski definition) is 3. The fourth-order valence-electron chi connectivity index (χ4n) is 3.40. The van der Waals surface area contributed by atoms with Crippen LogP contribution in [-0.4, -0.2) is 17.7 Å². The van der Waals surface area contributed by atoms with Crippen molar-refractivity contribution in [1.82, 2.24) is 0 Å². The van der Waals surface area contributed by atoms with E-state index in [0.29, 0.717) is 30.8 Å². The number of allylic oxidation sites excluding steroid dienone is 3. The molecule has 0 radical (unpaired) electrons. The number of aliphatic hydroxyl groups excluding tert-OH is 1. The van der Waals surface area contributed by atoms with Crippen LogP contribution >= 0.6 is 0 Å². The molecule has 0 unspecified atom stereocenters. The first-order valence-corrected chi connectivity index (χ1v) is 9.16. The van der Waals surface area contributed by atoms with Gasteiger partial charge in [0.25, 0.3) is 0 Å². The predicted molar refractivity (Wildman–Crippen MR) is 104 cm³/mol. The summed E-state index contributed by atoms with van der Waals surface area (Å²) < 4.78 is 5.35. The van der Waals surface area contributed by atoms with Gasteiger partial charge in [-0.3, -0.25) is 0 Å². The van der Waals surface area contributed by atoms with Gasteiger partial charge in [0.05, 0.1) is 6.61 Å². The largest absolute Gasteiger partial charge is 0.512 e. The fourth-order valence-corrected chi connectivity index (χ4v) is 3.40. The minimum Gasteiger partial charge on any atom is -0.512 e. The third-order valence-electron chi connectivity index (χ3n) is 4.58. The van der Waals surface area contributed by atoms with E-state index < -0.39 is 0 Å². The van der Waals surface area contributed by atoms with Crippen LogP contribution in [0.1, 0.15) is 43.7 Å². The van der Waals surface area contributed by atoms with Crippen LogP contribution in [0.2, 0.25) is 0 Å². The number of carbonyl (C=O) groups excluding carboxylic acids is 1. The lowest BCUT2D eigenvalue weighted by molar-refractivity contribution is -0.138. The Balaban J connectivity index is 2.29. The highest BCUT2D eigenvalue weighted by atomic mass is 16.5. The van der Waals surface area contributed by atoms with Crippen molar-refractivity contribution in [3.8, 4) is 0 Å². The van der Waals surface area contributed by atoms with Gasteiger partial charge >= 0.3 is 5.97 Å². The molecule has 2 aromatic carbocycles. The van der Waals surface area contributed by atoms with Crippen molar-refractivity contribution in [2.45, 2.75) is 32.6 Å². The minimum absolute atomic E-state index is 0.297. The van der Waals surface area contributed by atoms with Gasteiger partial charge in [-0.2, -0.15) is 0 Å². The first kappa shape index (κ1) is 18.0. The van der Waals surface area contributed by atoms with Gasteiger partial charge in [0, 0.05) is 23.1 Å². The number of hydrogen-bond donors (Lipinski definition) is 1. The summed E-state index contributed by atoms with van der Waals surface area (Å²) in [7, 11) is 0. The van der Waals surface area contributed by atoms with Crippen molar-refractivity contribution in [1.29, 1.82) is 0 Å². The summed E-state index contributed by atoms with van der Waals surface area (Å²) in [5, 5.41) is 10.9. The smallest absolute Gasteiger partial charge is 0.334 e. The highest BCUT2D eigenvalue weighted by molar-refractivity contribution is 6.14. The second-order valence-electron chi connectivity index (χ2n) is 6.33. The number of ether oxygens (including phenoxy) is 1. The molecule has 0 spiro atoms. The van der Waals surface area contributed by atoms with Gasteiger partial charge in [0.1, 0.15) is 5.76 Å². The second kappa shape index (κ2) is 8.52. The molecule has 3 rings (SSSR count). The lowest BCUT2D eigenvalue weighted by atomic mass is 9.83. The lowest BCUT2D eigenvalue weighted by Gasteiger charge is -2.22. The zero-order valence-corrected chi connectivity index (χ0v) is 15.1. The van der Waals surface area contributed by atoms with Crippen LogP contribution in [0.3, 0.4) is 0 Å². The molecule has 0 fully saturated rings. The molecule has 0 aliphatic heterocycles. The molecule has 3 nitrogen and oxygen atoms in total. The Morgan fingerprint density at radius 1 is 0.885 bits per heavy atom. The molecular formula is C23H24O3. The number of carbonyl (C=O) groups is 1. The van der Waals surface area contributed by atoms with Crippen LogP contribution in [0.4, 0.5) is 0 Å². The number of aliphatic hydroxyl groups is 1. The van der Waals surface area contributed by atoms with Gasteiger partial charge in [-0.05, 0) is 37.3 Å². The van der Waals surface area contributed by atoms with Crippen LogP contribution in [0.25, 0.3) is 11.1 Å². The van der Waals surface area contributed by atoms with E-state index in [4.69, 9.17) is 4.74 Å². The molecule has 0 heterocycles. The standard InChI is InChI=1S/C23H24O3/c1-2-26-23(25)19-15-9-10-16-20(24)22(18-13-7-4-8-14-18)21(19)17-11-5-3-6-12-17/h3-8,11-14,24H,2,9-10,15-16H2,1H3/b21-19+,22-20+. The molecule has 1 aliphatic carbocycles. The summed E-state index contributed by atoms with van der Waals surface area (Å²) in [6, 6.07) is 19.6. The van der Waals surface area contributed by atoms with E-state index in [-0.39, 0.29) is 5.97 Å². The molecule has 0 aromatic heterocycles. The van der Waals surface area contributed by atoms with Crippen molar-refractivity contribution in [3.05, 3.63) is 83.1 Å². The molecule has 0 amide bonds. The number of esters is 1. The molecule has 0 saturated carbocycles. The van der Waals surface area contributed by atoms with E-state index >= 15 is 0 Å². The molecule has 0 saturated heterocycles. The van der Waals surface area contributed by atoms with E-state index in [9.17, 15) is 9.90 Å². The average Bonchev–Trinajstić information content (AvgIpc) is 2.66. The normalized spacial score (nSPS) is 21.0. The summed E-state index contributed by atoms with van der Waals surface area (Å²) in [6.45, 7) is 2.15. The van der Waals surface area contributed by atoms with Crippen LogP contribution in [0.5, 0.6) is 0 Å². The van der Waals surface area contributed by atoms with Crippen molar-refractivity contribution in [2.24, 2.45) is 0 Å². The molecule has 2 aromatic rings. The van der Waals surface area contributed by atoms with Crippen molar-refractivity contribution in [2.75, 3.05) is 6.61 Å². The van der Waals surface area contributed by atoms with Crippen LogP contribution in [0, 0.1) is 0 Å². The van der Waals surface area contributed by atoms with Crippen molar-refractivity contribution < 1.29 is 14.6 Å². The zero-order chi connectivity index (χ0) is 18.4. The van der Waals surface area contributed by atoms with Gasteiger partial charge < -0.3 is 9.84 Å². The first-order valence-electron chi connectivity index (χ1n) is 9.16. The van der Waals surface area contributed by atoms with Crippen molar-refractivity contribution in [3.63, 3.8) is 0 Å². The van der Waals surface area contributed by atoms with E-state index in [0.717, 1.165) is 35.1 Å². The second-order valence-corrected chi connectivity index (χ2v) is 6.33. The van der Waals surface area contributed by atoms with E-state index in [2.05, 4.69) is 0 Å². The van der Waals surface area contributed by atoms with Crippen LogP contribution in [0.15, 0.2) is 72.0 Å². The monoisotopic (exact) mass is 348 g/mol. The Kier molecular flexibility index (Phi) is 5.90. The predicted octanol–water partition coefficient (Wildman–Crippen LogP) is 5.55. The van der Waals surface area contributed by atoms with Crippen LogP contribution < -0.4 is 0 Å².